The Morgan fingerprint density at radius 3 is 3.11 bits per heavy atom. The highest BCUT2D eigenvalue weighted by Gasteiger charge is 1.86. The third kappa shape index (κ3) is 2.56. The molecule has 1 aromatic rings. The summed E-state index contributed by atoms with van der Waals surface area (Å²) in [5.41, 5.74) is 0. The van der Waals surface area contributed by atoms with Gasteiger partial charge in [-0.2, -0.15) is 11.3 Å². The Bertz CT molecular complexity index is 179. The van der Waals surface area contributed by atoms with Crippen LogP contribution in [-0.4, -0.2) is 0 Å². The first kappa shape index (κ1) is 7.38. The molecule has 9 heavy (non-hydrogen) atoms. The first-order valence-corrected chi connectivity index (χ1v) is 5.11. The van der Waals surface area contributed by atoms with Gasteiger partial charge in [-0.3, -0.25) is 0 Å². The Labute approximate surface area is 71.1 Å². The Balaban J connectivity index is 2.48. The summed E-state index contributed by atoms with van der Waals surface area (Å²) >= 11 is 6.63. The van der Waals surface area contributed by atoms with Crippen LogP contribution in [0.25, 0.3) is 0 Å². The van der Waals surface area contributed by atoms with E-state index in [0.717, 1.165) is 0 Å². The van der Waals surface area contributed by atoms with E-state index >= 15 is 0 Å². The van der Waals surface area contributed by atoms with Crippen molar-refractivity contribution < 1.29 is 0 Å². The lowest BCUT2D eigenvalue weighted by Crippen LogP contribution is -1.50. The Morgan fingerprint density at radius 1 is 1.67 bits per heavy atom. The largest absolute Gasteiger partial charge is 0.151 e. The molecule has 0 atom stereocenters. The van der Waals surface area contributed by atoms with Crippen molar-refractivity contribution in [2.24, 2.45) is 0 Å². The van der Waals surface area contributed by atoms with Gasteiger partial charge in [0.15, 0.2) is 0 Å². The summed E-state index contributed by atoms with van der Waals surface area (Å²) in [6.45, 7) is 0. The summed E-state index contributed by atoms with van der Waals surface area (Å²) in [6, 6.07) is 2.10. The van der Waals surface area contributed by atoms with E-state index in [1.54, 1.807) is 23.1 Å². The average molecular weight is 221 g/mol. The van der Waals surface area contributed by atoms with E-state index in [0.29, 0.717) is 0 Å². The van der Waals surface area contributed by atoms with E-state index in [1.165, 1.54) is 4.90 Å². The molecule has 0 radical (unpaired) electrons. The standard InChI is InChI=1S/C6H5BrS2/c7-2-4-9-6-1-3-8-5-6/h1-5H. The summed E-state index contributed by atoms with van der Waals surface area (Å²) in [4.78, 5) is 3.16. The van der Waals surface area contributed by atoms with Crippen molar-refractivity contribution in [2.75, 3.05) is 0 Å². The maximum absolute atomic E-state index is 3.20. The molecule has 0 nitrogen and oxygen atoms in total. The summed E-state index contributed by atoms with van der Waals surface area (Å²) < 4.78 is 0. The third-order valence-corrected chi connectivity index (χ3v) is 3.00. The molecule has 0 aliphatic carbocycles. The molecule has 1 rings (SSSR count). The zero-order valence-electron chi connectivity index (χ0n) is 4.58. The molecule has 0 bridgehead atoms. The minimum absolute atomic E-state index is 1.30. The van der Waals surface area contributed by atoms with Gasteiger partial charge in [0.05, 0.1) is 0 Å². The number of rotatable bonds is 2. The topological polar surface area (TPSA) is 0 Å². The van der Waals surface area contributed by atoms with Crippen LogP contribution in [0.1, 0.15) is 0 Å². The molecule has 0 N–H and O–H groups in total. The van der Waals surface area contributed by atoms with Gasteiger partial charge in [0, 0.05) is 10.3 Å². The Kier molecular flexibility index (Phi) is 3.40. The van der Waals surface area contributed by atoms with Gasteiger partial charge < -0.3 is 0 Å². The van der Waals surface area contributed by atoms with Gasteiger partial charge in [-0.1, -0.05) is 27.7 Å². The second kappa shape index (κ2) is 4.14. The Morgan fingerprint density at radius 2 is 2.56 bits per heavy atom. The molecule has 0 amide bonds. The van der Waals surface area contributed by atoms with Gasteiger partial charge in [-0.25, -0.2) is 0 Å². The fraction of sp³-hybridized carbons (Fsp3) is 0. The predicted octanol–water partition coefficient (Wildman–Crippen LogP) is 3.71. The summed E-state index contributed by atoms with van der Waals surface area (Å²) in [6.07, 6.45) is 0. The zero-order valence-corrected chi connectivity index (χ0v) is 7.80. The molecule has 1 aromatic heterocycles. The lowest BCUT2D eigenvalue weighted by atomic mass is 10.7. The van der Waals surface area contributed by atoms with Crippen molar-refractivity contribution in [1.82, 2.24) is 0 Å². The molecule has 1 heterocycles. The first-order valence-electron chi connectivity index (χ1n) is 2.37. The maximum atomic E-state index is 3.20. The highest BCUT2D eigenvalue weighted by atomic mass is 79.9. The predicted molar refractivity (Wildman–Crippen MR) is 48.2 cm³/mol. The van der Waals surface area contributed by atoms with Crippen LogP contribution in [0.3, 0.4) is 0 Å². The van der Waals surface area contributed by atoms with Gasteiger partial charge in [-0.05, 0) is 21.8 Å². The monoisotopic (exact) mass is 220 g/mol. The quantitative estimate of drug-likeness (QED) is 0.686. The van der Waals surface area contributed by atoms with Crippen molar-refractivity contribution in [3.63, 3.8) is 0 Å². The molecular formula is C6H5BrS2. The molecule has 0 saturated carbocycles. The van der Waals surface area contributed by atoms with E-state index in [9.17, 15) is 0 Å². The molecule has 3 heteroatoms. The fourth-order valence-corrected chi connectivity index (χ4v) is 2.09. The van der Waals surface area contributed by atoms with Crippen molar-refractivity contribution in [1.29, 1.82) is 0 Å². The molecule has 0 aliphatic heterocycles. The number of hydrogen-bond acceptors (Lipinski definition) is 2. The number of halogens is 1. The van der Waals surface area contributed by atoms with Crippen LogP contribution < -0.4 is 0 Å². The van der Waals surface area contributed by atoms with Gasteiger partial charge >= 0.3 is 0 Å². The second-order valence-corrected chi connectivity index (χ2v) is 3.63. The van der Waals surface area contributed by atoms with Gasteiger partial charge in [-0.15, -0.1) is 0 Å². The lowest BCUT2D eigenvalue weighted by Gasteiger charge is -1.82. The van der Waals surface area contributed by atoms with Crippen LogP contribution in [-0.2, 0) is 0 Å². The van der Waals surface area contributed by atoms with Crippen LogP contribution in [0, 0.1) is 0 Å². The van der Waals surface area contributed by atoms with Crippen LogP contribution >= 0.6 is 39.0 Å². The van der Waals surface area contributed by atoms with Gasteiger partial charge in [0.25, 0.3) is 0 Å². The summed E-state index contributed by atoms with van der Waals surface area (Å²) in [7, 11) is 0. The van der Waals surface area contributed by atoms with Crippen LogP contribution in [0.5, 0.6) is 0 Å². The third-order valence-electron chi connectivity index (χ3n) is 0.751. The molecule has 0 aliphatic rings. The van der Waals surface area contributed by atoms with Crippen molar-refractivity contribution in [2.45, 2.75) is 4.90 Å². The zero-order chi connectivity index (χ0) is 6.53. The SMILES string of the molecule is BrC=CSc1ccsc1. The first-order chi connectivity index (χ1) is 4.43. The molecule has 0 saturated heterocycles. The molecular weight excluding hydrogens is 216 g/mol. The molecule has 0 unspecified atom stereocenters. The Hall–Kier alpha value is 0.270. The molecule has 0 fully saturated rings. The lowest BCUT2D eigenvalue weighted by molar-refractivity contribution is 1.61. The highest BCUT2D eigenvalue weighted by Crippen LogP contribution is 2.21. The molecule has 0 spiro atoms. The summed E-state index contributed by atoms with van der Waals surface area (Å²) in [5.74, 6) is 0. The number of thioether (sulfide) groups is 1. The average Bonchev–Trinajstić information content (AvgIpc) is 2.34. The molecule has 48 valence electrons. The maximum Gasteiger partial charge on any atom is 0.0223 e. The number of thiophene rings is 1. The van der Waals surface area contributed by atoms with E-state index < -0.39 is 0 Å². The smallest absolute Gasteiger partial charge is 0.0223 e. The number of hydrogen-bond donors (Lipinski definition) is 0. The van der Waals surface area contributed by atoms with Crippen LogP contribution in [0.4, 0.5) is 0 Å². The minimum Gasteiger partial charge on any atom is -0.151 e. The second-order valence-electron chi connectivity index (χ2n) is 1.34. The van der Waals surface area contributed by atoms with Crippen molar-refractivity contribution >= 4 is 39.0 Å². The van der Waals surface area contributed by atoms with E-state index in [1.807, 2.05) is 10.4 Å². The van der Waals surface area contributed by atoms with E-state index in [-0.39, 0.29) is 0 Å². The summed E-state index contributed by atoms with van der Waals surface area (Å²) in [5, 5.41) is 6.20. The van der Waals surface area contributed by atoms with Crippen LogP contribution in [0.2, 0.25) is 0 Å². The van der Waals surface area contributed by atoms with Gasteiger partial charge in [0.2, 0.25) is 0 Å². The van der Waals surface area contributed by atoms with E-state index in [2.05, 4.69) is 32.8 Å². The van der Waals surface area contributed by atoms with Crippen molar-refractivity contribution in [3.05, 3.63) is 27.2 Å². The normalized spacial score (nSPS) is 10.8. The fourth-order valence-electron chi connectivity index (χ4n) is 0.423. The molecule has 0 aromatic carbocycles. The van der Waals surface area contributed by atoms with Crippen molar-refractivity contribution in [3.8, 4) is 0 Å². The van der Waals surface area contributed by atoms with E-state index in [4.69, 9.17) is 0 Å². The van der Waals surface area contributed by atoms with Crippen LogP contribution in [0.15, 0.2) is 32.1 Å². The minimum atomic E-state index is 1.30. The van der Waals surface area contributed by atoms with Gasteiger partial charge in [0.1, 0.15) is 0 Å². The highest BCUT2D eigenvalue weighted by molar-refractivity contribution is 9.11.